The fraction of sp³-hybridized carbons (Fsp3) is 0.545. The van der Waals surface area contributed by atoms with Gasteiger partial charge in [0.15, 0.2) is 0 Å². The number of ether oxygens (including phenoxy) is 1. The fourth-order valence-electron chi connectivity index (χ4n) is 1.32. The van der Waals surface area contributed by atoms with Crippen LogP contribution in [0.3, 0.4) is 0 Å². The molecule has 0 spiro atoms. The summed E-state index contributed by atoms with van der Waals surface area (Å²) in [4.78, 5) is 4.12. The van der Waals surface area contributed by atoms with Gasteiger partial charge in [-0.1, -0.05) is 6.92 Å². The summed E-state index contributed by atoms with van der Waals surface area (Å²) < 4.78 is 5.14. The second kappa shape index (κ2) is 7.49. The summed E-state index contributed by atoms with van der Waals surface area (Å²) in [5.74, 6) is 8.40. The van der Waals surface area contributed by atoms with Crippen LogP contribution in [0.1, 0.15) is 24.9 Å². The van der Waals surface area contributed by atoms with Crippen LogP contribution >= 0.6 is 11.8 Å². The van der Waals surface area contributed by atoms with Gasteiger partial charge in [-0.05, 0) is 23.8 Å². The van der Waals surface area contributed by atoms with E-state index in [2.05, 4.69) is 17.3 Å². The highest BCUT2D eigenvalue weighted by atomic mass is 32.2. The molecule has 1 unspecified atom stereocenters. The molecule has 0 aliphatic rings. The lowest BCUT2D eigenvalue weighted by molar-refractivity contribution is 0.411. The van der Waals surface area contributed by atoms with Gasteiger partial charge in [-0.3, -0.25) is 16.3 Å². The highest BCUT2D eigenvalue weighted by Gasteiger charge is 2.10. The number of pyridine rings is 1. The van der Waals surface area contributed by atoms with Gasteiger partial charge in [0.05, 0.1) is 19.3 Å². The van der Waals surface area contributed by atoms with Crippen LogP contribution in [0.25, 0.3) is 0 Å². The normalized spacial score (nSPS) is 12.4. The molecule has 0 bridgehead atoms. The van der Waals surface area contributed by atoms with Crippen molar-refractivity contribution in [3.8, 4) is 5.75 Å². The molecule has 0 amide bonds. The Bertz CT molecular complexity index is 309. The lowest BCUT2D eigenvalue weighted by Crippen LogP contribution is -2.29. The SMILES string of the molecule is CCCSCC(NN)c1cncc(OC)c1. The first-order valence-electron chi connectivity index (χ1n) is 5.34. The molecule has 4 nitrogen and oxygen atoms in total. The Morgan fingerprint density at radius 3 is 3.00 bits per heavy atom. The van der Waals surface area contributed by atoms with Gasteiger partial charge in [0.2, 0.25) is 0 Å². The zero-order valence-corrected chi connectivity index (χ0v) is 10.6. The van der Waals surface area contributed by atoms with E-state index in [1.165, 1.54) is 6.42 Å². The first kappa shape index (κ1) is 13.3. The highest BCUT2D eigenvalue weighted by molar-refractivity contribution is 7.99. The number of nitrogens with one attached hydrogen (secondary N) is 1. The van der Waals surface area contributed by atoms with E-state index < -0.39 is 0 Å². The predicted molar refractivity (Wildman–Crippen MR) is 68.5 cm³/mol. The molecule has 0 aliphatic heterocycles. The van der Waals surface area contributed by atoms with Crippen molar-refractivity contribution in [3.05, 3.63) is 24.0 Å². The molecule has 1 aromatic heterocycles. The topological polar surface area (TPSA) is 60.2 Å². The molecule has 0 saturated heterocycles. The Hall–Kier alpha value is -0.780. The fourth-order valence-corrected chi connectivity index (χ4v) is 2.30. The van der Waals surface area contributed by atoms with Gasteiger partial charge in [0, 0.05) is 11.9 Å². The largest absolute Gasteiger partial charge is 0.495 e. The lowest BCUT2D eigenvalue weighted by Gasteiger charge is -2.15. The second-order valence-electron chi connectivity index (χ2n) is 3.45. The zero-order chi connectivity index (χ0) is 11.8. The first-order chi connectivity index (χ1) is 7.81. The number of hydrogen-bond donors (Lipinski definition) is 2. The van der Waals surface area contributed by atoms with Crippen LogP contribution in [-0.4, -0.2) is 23.6 Å². The summed E-state index contributed by atoms with van der Waals surface area (Å²) in [6.45, 7) is 2.17. The zero-order valence-electron chi connectivity index (χ0n) is 9.77. The summed E-state index contributed by atoms with van der Waals surface area (Å²) in [5.41, 5.74) is 3.87. The molecule has 1 aromatic rings. The molecular formula is C11H19N3OS. The molecule has 90 valence electrons. The van der Waals surface area contributed by atoms with Crippen molar-refractivity contribution in [3.63, 3.8) is 0 Å². The quantitative estimate of drug-likeness (QED) is 0.432. The minimum atomic E-state index is 0.124. The van der Waals surface area contributed by atoms with Crippen molar-refractivity contribution in [2.75, 3.05) is 18.6 Å². The maximum Gasteiger partial charge on any atom is 0.137 e. The molecule has 0 aliphatic carbocycles. The average molecular weight is 241 g/mol. The van der Waals surface area contributed by atoms with Gasteiger partial charge in [0.1, 0.15) is 5.75 Å². The maximum absolute atomic E-state index is 5.55. The summed E-state index contributed by atoms with van der Waals surface area (Å²) >= 11 is 1.88. The molecule has 0 fully saturated rings. The van der Waals surface area contributed by atoms with Gasteiger partial charge >= 0.3 is 0 Å². The van der Waals surface area contributed by atoms with Crippen LogP contribution in [0.4, 0.5) is 0 Å². The first-order valence-corrected chi connectivity index (χ1v) is 6.50. The van der Waals surface area contributed by atoms with Crippen molar-refractivity contribution in [2.45, 2.75) is 19.4 Å². The number of hydrazine groups is 1. The van der Waals surface area contributed by atoms with E-state index in [0.717, 1.165) is 22.8 Å². The van der Waals surface area contributed by atoms with Crippen molar-refractivity contribution < 1.29 is 4.74 Å². The predicted octanol–water partition coefficient (Wildman–Crippen LogP) is 1.74. The molecule has 5 heteroatoms. The van der Waals surface area contributed by atoms with Crippen LogP contribution in [0.5, 0.6) is 5.75 Å². The molecule has 3 N–H and O–H groups in total. The van der Waals surface area contributed by atoms with Crippen molar-refractivity contribution >= 4 is 11.8 Å². The van der Waals surface area contributed by atoms with Gasteiger partial charge < -0.3 is 4.74 Å². The Labute approximate surface area is 101 Å². The Kier molecular flexibility index (Phi) is 6.22. The van der Waals surface area contributed by atoms with Gasteiger partial charge in [-0.15, -0.1) is 0 Å². The number of aromatic nitrogens is 1. The smallest absolute Gasteiger partial charge is 0.137 e. The van der Waals surface area contributed by atoms with Crippen LogP contribution in [0.2, 0.25) is 0 Å². The number of nitrogens with zero attached hydrogens (tertiary/aromatic N) is 1. The summed E-state index contributed by atoms with van der Waals surface area (Å²) in [6, 6.07) is 2.09. The van der Waals surface area contributed by atoms with E-state index in [-0.39, 0.29) is 6.04 Å². The Balaban J connectivity index is 2.62. The number of nitrogens with two attached hydrogens (primary N) is 1. The Morgan fingerprint density at radius 2 is 2.38 bits per heavy atom. The highest BCUT2D eigenvalue weighted by Crippen LogP contribution is 2.20. The number of thioether (sulfide) groups is 1. The van der Waals surface area contributed by atoms with Crippen LogP contribution in [-0.2, 0) is 0 Å². The molecule has 16 heavy (non-hydrogen) atoms. The average Bonchev–Trinajstić information content (AvgIpc) is 2.35. The summed E-state index contributed by atoms with van der Waals surface area (Å²) in [6.07, 6.45) is 4.69. The third-order valence-electron chi connectivity index (χ3n) is 2.21. The van der Waals surface area contributed by atoms with E-state index in [9.17, 15) is 0 Å². The van der Waals surface area contributed by atoms with Crippen LogP contribution in [0, 0.1) is 0 Å². The van der Waals surface area contributed by atoms with Gasteiger partial charge in [0.25, 0.3) is 0 Å². The minimum Gasteiger partial charge on any atom is -0.495 e. The van der Waals surface area contributed by atoms with E-state index in [4.69, 9.17) is 10.6 Å². The van der Waals surface area contributed by atoms with Crippen LogP contribution < -0.4 is 16.0 Å². The van der Waals surface area contributed by atoms with Gasteiger partial charge in [-0.2, -0.15) is 11.8 Å². The number of rotatable bonds is 7. The molecule has 1 atom stereocenters. The molecule has 0 aromatic carbocycles. The van der Waals surface area contributed by atoms with E-state index >= 15 is 0 Å². The third-order valence-corrected chi connectivity index (χ3v) is 3.47. The number of methoxy groups -OCH3 is 1. The minimum absolute atomic E-state index is 0.124. The lowest BCUT2D eigenvalue weighted by atomic mass is 10.1. The molecule has 1 rings (SSSR count). The number of hydrogen-bond acceptors (Lipinski definition) is 5. The standard InChI is InChI=1S/C11H19N3OS/c1-3-4-16-8-11(14-12)9-5-10(15-2)7-13-6-9/h5-7,11,14H,3-4,8,12H2,1-2H3. The second-order valence-corrected chi connectivity index (χ2v) is 4.60. The van der Waals surface area contributed by atoms with E-state index in [1.54, 1.807) is 13.3 Å². The molecular weight excluding hydrogens is 222 g/mol. The van der Waals surface area contributed by atoms with Crippen molar-refractivity contribution in [1.82, 2.24) is 10.4 Å². The third kappa shape index (κ3) is 4.00. The van der Waals surface area contributed by atoms with E-state index in [0.29, 0.717) is 0 Å². The van der Waals surface area contributed by atoms with E-state index in [1.807, 2.05) is 24.0 Å². The monoisotopic (exact) mass is 241 g/mol. The van der Waals surface area contributed by atoms with Crippen molar-refractivity contribution in [1.29, 1.82) is 0 Å². The van der Waals surface area contributed by atoms with Crippen LogP contribution in [0.15, 0.2) is 18.5 Å². The molecule has 1 heterocycles. The maximum atomic E-state index is 5.55. The summed E-state index contributed by atoms with van der Waals surface area (Å²) in [7, 11) is 1.64. The Morgan fingerprint density at radius 1 is 1.56 bits per heavy atom. The summed E-state index contributed by atoms with van der Waals surface area (Å²) in [5, 5.41) is 0. The molecule has 0 saturated carbocycles. The molecule has 0 radical (unpaired) electrons. The van der Waals surface area contributed by atoms with Gasteiger partial charge in [-0.25, -0.2) is 0 Å². The van der Waals surface area contributed by atoms with Crippen molar-refractivity contribution in [2.24, 2.45) is 5.84 Å².